The van der Waals surface area contributed by atoms with Gasteiger partial charge in [0.25, 0.3) is 0 Å². The van der Waals surface area contributed by atoms with Gasteiger partial charge in [0.2, 0.25) is 0 Å². The van der Waals surface area contributed by atoms with Crippen LogP contribution >= 0.6 is 0 Å². The molecule has 4 rings (SSSR count). The van der Waals surface area contributed by atoms with Gasteiger partial charge in [-0.3, -0.25) is 0 Å². The van der Waals surface area contributed by atoms with E-state index >= 15 is 0 Å². The Balaban J connectivity index is 0.000000583. The average molecular weight is 381 g/mol. The van der Waals surface area contributed by atoms with Crippen molar-refractivity contribution in [1.82, 2.24) is 0 Å². The monoisotopic (exact) mass is 379 g/mol. The number of hydrogen-bond donors (Lipinski definition) is 0. The molecule has 0 nitrogen and oxygen atoms in total. The van der Waals surface area contributed by atoms with Crippen molar-refractivity contribution in [3.8, 4) is 11.1 Å². The van der Waals surface area contributed by atoms with Gasteiger partial charge in [0, 0.05) is 0 Å². The van der Waals surface area contributed by atoms with Gasteiger partial charge in [0.1, 0.15) is 0 Å². The van der Waals surface area contributed by atoms with E-state index in [9.17, 15) is 0 Å². The van der Waals surface area contributed by atoms with Gasteiger partial charge in [-0.25, -0.2) is 0 Å². The molecule has 0 spiro atoms. The molecule has 0 fully saturated rings. The van der Waals surface area contributed by atoms with Gasteiger partial charge in [-0.2, -0.15) is 0 Å². The van der Waals surface area contributed by atoms with E-state index in [2.05, 4.69) is 60.7 Å². The third kappa shape index (κ3) is 3.50. The maximum atomic E-state index is 3.61. The Bertz CT molecular complexity index is 713. The van der Waals surface area contributed by atoms with Crippen molar-refractivity contribution < 1.29 is 23.3 Å². The molecule has 0 saturated carbocycles. The molecule has 0 heterocycles. The molecule has 0 aliphatic heterocycles. The number of benzene rings is 2. The fourth-order valence-corrected chi connectivity index (χ4v) is 2.89. The summed E-state index contributed by atoms with van der Waals surface area (Å²) in [5.41, 5.74) is 8.16. The van der Waals surface area contributed by atoms with Gasteiger partial charge in [-0.15, -0.1) is 41.0 Å². The minimum atomic E-state index is 0. The standard InChI is InChI=1S/C18H13.2CH3.H2Si.Zr/c1-2-6-13(5-1)14-9-10-18-16(11-14)12-15-7-3-4-8-17(15)18;;;;/h1-5,7-10H,6,12H2;2*1H3;1H2;/q3*-1;;. The van der Waals surface area contributed by atoms with Crippen LogP contribution in [-0.4, -0.2) is 6.88 Å². The third-order valence-electron chi connectivity index (χ3n) is 3.82. The van der Waals surface area contributed by atoms with Crippen LogP contribution in [0.4, 0.5) is 0 Å². The smallest absolute Gasteiger partial charge is 0.0195 e. The van der Waals surface area contributed by atoms with Crippen LogP contribution in [0.25, 0.3) is 16.7 Å². The van der Waals surface area contributed by atoms with Crippen molar-refractivity contribution in [2.45, 2.75) is 12.8 Å². The Kier molecular flexibility index (Phi) is 7.45. The SMILES string of the molecule is [CH3-].[CH3-].[SiH2]=[Zr].[c-]1c(C2=CC=CC2)ccc2c1Cc1ccccc1-2. The summed E-state index contributed by atoms with van der Waals surface area (Å²) in [6, 6.07) is 16.7. The molecule has 0 amide bonds. The van der Waals surface area contributed by atoms with Gasteiger partial charge in [-0.05, 0) is 18.4 Å². The fourth-order valence-electron chi connectivity index (χ4n) is 2.89. The molecule has 0 bridgehead atoms. The molecule has 0 N–H and O–H groups in total. The first kappa shape index (κ1) is 19.1. The number of hydrogen-bond acceptors (Lipinski definition) is 0. The van der Waals surface area contributed by atoms with Crippen molar-refractivity contribution >= 4 is 12.5 Å². The maximum Gasteiger partial charge on any atom is -0.0195 e. The van der Waals surface area contributed by atoms with Crippen molar-refractivity contribution in [1.29, 1.82) is 0 Å². The molecule has 22 heavy (non-hydrogen) atoms. The summed E-state index contributed by atoms with van der Waals surface area (Å²) in [5.74, 6) is 0. The minimum Gasteiger partial charge on any atom is -0.147 e. The minimum absolute atomic E-state index is 0. The van der Waals surface area contributed by atoms with Gasteiger partial charge in [0.15, 0.2) is 0 Å². The Morgan fingerprint density at radius 3 is 2.45 bits per heavy atom. The van der Waals surface area contributed by atoms with E-state index in [1.165, 1.54) is 33.4 Å². The zero-order chi connectivity index (χ0) is 13.9. The maximum absolute atomic E-state index is 3.61. The molecule has 112 valence electrons. The molecular formula is C20H21SiZr-3. The first-order valence-electron chi connectivity index (χ1n) is 6.77. The van der Waals surface area contributed by atoms with E-state index in [4.69, 9.17) is 0 Å². The summed E-state index contributed by atoms with van der Waals surface area (Å²) in [5, 5.41) is 0. The average Bonchev–Trinajstić information content (AvgIpc) is 3.16. The second-order valence-corrected chi connectivity index (χ2v) is 4.92. The topological polar surface area (TPSA) is 0 Å². The molecule has 2 aliphatic carbocycles. The Morgan fingerprint density at radius 1 is 0.955 bits per heavy atom. The molecule has 0 saturated heterocycles. The van der Waals surface area contributed by atoms with E-state index in [0.29, 0.717) is 0 Å². The summed E-state index contributed by atoms with van der Waals surface area (Å²) in [6.45, 7) is 1.95. The summed E-state index contributed by atoms with van der Waals surface area (Å²) in [6.07, 6.45) is 8.60. The van der Waals surface area contributed by atoms with Gasteiger partial charge >= 0.3 is 30.2 Å². The van der Waals surface area contributed by atoms with E-state index in [1.54, 1.807) is 23.3 Å². The largest absolute Gasteiger partial charge is 0.147 e. The molecule has 0 radical (unpaired) electrons. The molecular weight excluding hydrogens is 360 g/mol. The van der Waals surface area contributed by atoms with Crippen LogP contribution in [0, 0.1) is 20.9 Å². The van der Waals surface area contributed by atoms with Crippen LogP contribution in [0.1, 0.15) is 23.1 Å². The van der Waals surface area contributed by atoms with E-state index < -0.39 is 0 Å². The number of allylic oxidation sites excluding steroid dienone is 4. The van der Waals surface area contributed by atoms with Crippen molar-refractivity contribution in [3.63, 3.8) is 0 Å². The molecule has 2 aromatic rings. The Labute approximate surface area is 151 Å². The van der Waals surface area contributed by atoms with Crippen LogP contribution in [0.3, 0.4) is 0 Å². The van der Waals surface area contributed by atoms with Crippen LogP contribution in [0.5, 0.6) is 0 Å². The van der Waals surface area contributed by atoms with Crippen LogP contribution in [0.15, 0.2) is 54.6 Å². The van der Waals surface area contributed by atoms with Crippen molar-refractivity contribution in [3.05, 3.63) is 92.2 Å². The van der Waals surface area contributed by atoms with Crippen LogP contribution in [0.2, 0.25) is 0 Å². The Hall–Kier alpha value is -0.980. The Morgan fingerprint density at radius 2 is 1.73 bits per heavy atom. The second-order valence-electron chi connectivity index (χ2n) is 4.92. The number of rotatable bonds is 1. The normalized spacial score (nSPS) is 12.8. The second kappa shape index (κ2) is 8.60. The van der Waals surface area contributed by atoms with Crippen molar-refractivity contribution in [2.24, 2.45) is 0 Å². The van der Waals surface area contributed by atoms with E-state index in [-0.39, 0.29) is 14.9 Å². The summed E-state index contributed by atoms with van der Waals surface area (Å²) >= 11 is 1.58. The predicted molar refractivity (Wildman–Crippen MR) is 96.6 cm³/mol. The summed E-state index contributed by atoms with van der Waals surface area (Å²) in [4.78, 5) is 0. The van der Waals surface area contributed by atoms with Gasteiger partial charge in [-0.1, -0.05) is 47.5 Å². The molecule has 0 atom stereocenters. The third-order valence-corrected chi connectivity index (χ3v) is 3.82. The van der Waals surface area contributed by atoms with E-state index in [0.717, 1.165) is 12.8 Å². The molecule has 2 heteroatoms. The van der Waals surface area contributed by atoms with Crippen molar-refractivity contribution in [2.75, 3.05) is 0 Å². The molecule has 2 aromatic carbocycles. The molecule has 0 aromatic heterocycles. The van der Waals surface area contributed by atoms with Crippen LogP contribution in [-0.2, 0) is 29.8 Å². The summed E-state index contributed by atoms with van der Waals surface area (Å²) < 4.78 is 0. The zero-order valence-corrected chi connectivity index (χ0v) is 17.2. The zero-order valence-electron chi connectivity index (χ0n) is 13.3. The first-order chi connectivity index (χ1) is 9.92. The van der Waals surface area contributed by atoms with E-state index in [1.807, 2.05) is 6.88 Å². The molecule has 0 unspecified atom stereocenters. The quantitative estimate of drug-likeness (QED) is 0.434. The predicted octanol–water partition coefficient (Wildman–Crippen LogP) is 4.38. The fraction of sp³-hybridized carbons (Fsp3) is 0.100. The molecule has 2 aliphatic rings. The van der Waals surface area contributed by atoms with Crippen LogP contribution < -0.4 is 0 Å². The number of fused-ring (bicyclic) bond motifs is 3. The van der Waals surface area contributed by atoms with Gasteiger partial charge < -0.3 is 14.9 Å². The summed E-state index contributed by atoms with van der Waals surface area (Å²) in [7, 11) is 0. The first-order valence-corrected chi connectivity index (χ1v) is 12.7. The van der Waals surface area contributed by atoms with Gasteiger partial charge in [0.05, 0.1) is 0 Å².